The molecule has 1 N–H and O–H groups in total. The molecule has 3 heteroatoms. The van der Waals surface area contributed by atoms with Crippen molar-refractivity contribution in [1.82, 2.24) is 4.98 Å². The molecule has 0 saturated heterocycles. The molecule has 0 aliphatic rings. The summed E-state index contributed by atoms with van der Waals surface area (Å²) in [5, 5.41) is 4.38. The van der Waals surface area contributed by atoms with Crippen molar-refractivity contribution in [3.8, 4) is 0 Å². The Morgan fingerprint density at radius 3 is 2.56 bits per heavy atom. The van der Waals surface area contributed by atoms with Gasteiger partial charge >= 0.3 is 0 Å². The molecular formula is C15H11BN2. The molecule has 0 amide bonds. The van der Waals surface area contributed by atoms with Crippen LogP contribution >= 0.6 is 0 Å². The summed E-state index contributed by atoms with van der Waals surface area (Å²) in [4.78, 5) is 4.28. The summed E-state index contributed by atoms with van der Waals surface area (Å²) >= 11 is 0. The van der Waals surface area contributed by atoms with E-state index in [9.17, 15) is 0 Å². The third-order valence-corrected chi connectivity index (χ3v) is 2.76. The highest BCUT2D eigenvalue weighted by Crippen LogP contribution is 2.20. The maximum Gasteiger partial charge on any atom is 0.115 e. The monoisotopic (exact) mass is 230 g/mol. The second kappa shape index (κ2) is 4.53. The maximum absolute atomic E-state index is 5.74. The van der Waals surface area contributed by atoms with E-state index in [-0.39, 0.29) is 0 Å². The predicted octanol–water partition coefficient (Wildman–Crippen LogP) is 2.77. The Hall–Kier alpha value is -2.29. The smallest absolute Gasteiger partial charge is 0.115 e. The van der Waals surface area contributed by atoms with Gasteiger partial charge in [0.1, 0.15) is 7.85 Å². The molecule has 0 spiro atoms. The lowest BCUT2D eigenvalue weighted by molar-refractivity contribution is 1.43. The number of fused-ring (bicyclic) bond motifs is 1. The number of nitrogens with zero attached hydrogens (tertiary/aromatic N) is 1. The van der Waals surface area contributed by atoms with E-state index in [1.54, 1.807) is 6.20 Å². The van der Waals surface area contributed by atoms with Gasteiger partial charge in [-0.3, -0.25) is 4.98 Å². The highest BCUT2D eigenvalue weighted by atomic mass is 14.9. The van der Waals surface area contributed by atoms with Gasteiger partial charge in [-0.1, -0.05) is 29.7 Å². The molecule has 0 atom stereocenters. The Morgan fingerprint density at radius 1 is 0.889 bits per heavy atom. The fraction of sp³-hybridized carbons (Fsp3) is 0. The minimum atomic E-state index is 0.680. The maximum atomic E-state index is 5.74. The first-order valence-corrected chi connectivity index (χ1v) is 5.79. The molecule has 0 saturated carbocycles. The van der Waals surface area contributed by atoms with Gasteiger partial charge in [-0.15, -0.1) is 0 Å². The zero-order chi connectivity index (χ0) is 12.4. The average Bonchev–Trinajstić information content (AvgIpc) is 2.39. The topological polar surface area (TPSA) is 24.9 Å². The van der Waals surface area contributed by atoms with Gasteiger partial charge in [-0.25, -0.2) is 0 Å². The number of anilines is 2. The number of hydrogen-bond acceptors (Lipinski definition) is 2. The molecule has 1 aromatic heterocycles. The largest absolute Gasteiger partial charge is 0.356 e. The Morgan fingerprint density at radius 2 is 1.72 bits per heavy atom. The van der Waals surface area contributed by atoms with Crippen LogP contribution in [0.5, 0.6) is 0 Å². The number of rotatable bonds is 2. The third kappa shape index (κ3) is 2.20. The first-order valence-electron chi connectivity index (χ1n) is 5.79. The van der Waals surface area contributed by atoms with Crippen molar-refractivity contribution < 1.29 is 0 Å². The lowest BCUT2D eigenvalue weighted by Crippen LogP contribution is -2.02. The van der Waals surface area contributed by atoms with Crippen molar-refractivity contribution in [1.29, 1.82) is 0 Å². The summed E-state index contributed by atoms with van der Waals surface area (Å²) in [6.07, 6.45) is 1.67. The molecule has 18 heavy (non-hydrogen) atoms. The van der Waals surface area contributed by atoms with Crippen molar-refractivity contribution in [3.63, 3.8) is 0 Å². The number of pyridine rings is 1. The van der Waals surface area contributed by atoms with E-state index in [1.807, 2.05) is 54.6 Å². The molecule has 3 rings (SSSR count). The van der Waals surface area contributed by atoms with Gasteiger partial charge in [0.15, 0.2) is 0 Å². The molecule has 1 heterocycles. The molecule has 2 aromatic carbocycles. The third-order valence-electron chi connectivity index (χ3n) is 2.76. The second-order valence-electron chi connectivity index (χ2n) is 4.17. The minimum absolute atomic E-state index is 0.680. The molecule has 2 nitrogen and oxygen atoms in total. The first kappa shape index (κ1) is 10.8. The molecular weight excluding hydrogens is 219 g/mol. The SMILES string of the molecule is [B]c1cnc2ccc(Nc3ccccc3)cc2c1. The van der Waals surface area contributed by atoms with Gasteiger partial charge in [-0.05, 0) is 30.3 Å². The van der Waals surface area contributed by atoms with Crippen LogP contribution < -0.4 is 10.8 Å². The van der Waals surface area contributed by atoms with Gasteiger partial charge in [-0.2, -0.15) is 0 Å². The van der Waals surface area contributed by atoms with Crippen LogP contribution in [0.2, 0.25) is 0 Å². The van der Waals surface area contributed by atoms with Crippen LogP contribution in [-0.4, -0.2) is 12.8 Å². The van der Waals surface area contributed by atoms with E-state index < -0.39 is 0 Å². The Bertz CT molecular complexity index is 680. The summed E-state index contributed by atoms with van der Waals surface area (Å²) in [5.74, 6) is 0. The van der Waals surface area contributed by atoms with Crippen LogP contribution in [0.1, 0.15) is 0 Å². The lowest BCUT2D eigenvalue weighted by Gasteiger charge is -2.07. The van der Waals surface area contributed by atoms with Gasteiger partial charge in [0.05, 0.1) is 5.52 Å². The van der Waals surface area contributed by atoms with Crippen molar-refractivity contribution >= 4 is 35.6 Å². The van der Waals surface area contributed by atoms with Crippen LogP contribution in [0.25, 0.3) is 10.9 Å². The molecule has 0 unspecified atom stereocenters. The molecule has 84 valence electrons. The standard InChI is InChI=1S/C15H11BN2/c16-12-8-11-9-14(6-7-15(11)17-10-12)18-13-4-2-1-3-5-13/h1-10,18H. The predicted molar refractivity (Wildman–Crippen MR) is 76.9 cm³/mol. The van der Waals surface area contributed by atoms with E-state index in [0.717, 1.165) is 22.3 Å². The van der Waals surface area contributed by atoms with Gasteiger partial charge in [0, 0.05) is 23.0 Å². The summed E-state index contributed by atoms with van der Waals surface area (Å²) in [6, 6.07) is 18.0. The van der Waals surface area contributed by atoms with E-state index in [2.05, 4.69) is 10.3 Å². The highest BCUT2D eigenvalue weighted by molar-refractivity contribution is 6.32. The van der Waals surface area contributed by atoms with Crippen molar-refractivity contribution in [2.24, 2.45) is 0 Å². The average molecular weight is 230 g/mol. The number of hydrogen-bond donors (Lipinski definition) is 1. The molecule has 0 aliphatic heterocycles. The summed E-state index contributed by atoms with van der Waals surface area (Å²) in [6.45, 7) is 0. The van der Waals surface area contributed by atoms with Crippen molar-refractivity contribution in [3.05, 3.63) is 60.8 Å². The van der Waals surface area contributed by atoms with E-state index in [4.69, 9.17) is 7.85 Å². The molecule has 0 fully saturated rings. The Labute approximate surface area is 107 Å². The molecule has 3 aromatic rings. The Kier molecular flexibility index (Phi) is 2.73. The fourth-order valence-electron chi connectivity index (χ4n) is 1.91. The van der Waals surface area contributed by atoms with Crippen LogP contribution in [0, 0.1) is 0 Å². The minimum Gasteiger partial charge on any atom is -0.356 e. The summed E-state index contributed by atoms with van der Waals surface area (Å²) < 4.78 is 0. The van der Waals surface area contributed by atoms with E-state index in [0.29, 0.717) is 5.46 Å². The lowest BCUT2D eigenvalue weighted by atomic mass is 9.97. The van der Waals surface area contributed by atoms with E-state index in [1.165, 1.54) is 0 Å². The van der Waals surface area contributed by atoms with Gasteiger partial charge in [0.25, 0.3) is 0 Å². The van der Waals surface area contributed by atoms with E-state index >= 15 is 0 Å². The molecule has 0 bridgehead atoms. The summed E-state index contributed by atoms with van der Waals surface area (Å²) in [7, 11) is 5.74. The normalized spacial score (nSPS) is 10.4. The Balaban J connectivity index is 1.98. The molecule has 0 aliphatic carbocycles. The number of aromatic nitrogens is 1. The highest BCUT2D eigenvalue weighted by Gasteiger charge is 1.98. The molecule has 2 radical (unpaired) electrons. The number of benzene rings is 2. The zero-order valence-electron chi connectivity index (χ0n) is 9.80. The number of para-hydroxylation sites is 1. The van der Waals surface area contributed by atoms with Gasteiger partial charge in [0.2, 0.25) is 0 Å². The van der Waals surface area contributed by atoms with Crippen LogP contribution in [0.4, 0.5) is 11.4 Å². The van der Waals surface area contributed by atoms with Crippen LogP contribution in [-0.2, 0) is 0 Å². The quantitative estimate of drug-likeness (QED) is 0.684. The van der Waals surface area contributed by atoms with Gasteiger partial charge < -0.3 is 5.32 Å². The van der Waals surface area contributed by atoms with Crippen molar-refractivity contribution in [2.75, 3.05) is 5.32 Å². The fourth-order valence-corrected chi connectivity index (χ4v) is 1.91. The van der Waals surface area contributed by atoms with Crippen LogP contribution in [0.3, 0.4) is 0 Å². The number of nitrogens with one attached hydrogen (secondary N) is 1. The summed E-state index contributed by atoms with van der Waals surface area (Å²) in [5.41, 5.74) is 3.72. The van der Waals surface area contributed by atoms with Crippen LogP contribution in [0.15, 0.2) is 60.8 Å². The zero-order valence-corrected chi connectivity index (χ0v) is 9.80. The second-order valence-corrected chi connectivity index (χ2v) is 4.17. The first-order chi connectivity index (χ1) is 8.81. The van der Waals surface area contributed by atoms with Crippen molar-refractivity contribution in [2.45, 2.75) is 0 Å².